The summed E-state index contributed by atoms with van der Waals surface area (Å²) in [7, 11) is 0. The van der Waals surface area contributed by atoms with Gasteiger partial charge in [0.05, 0.1) is 12.6 Å². The van der Waals surface area contributed by atoms with Gasteiger partial charge in [-0.2, -0.15) is 10.2 Å². The normalized spacial score (nSPS) is 13.5. The van der Waals surface area contributed by atoms with Gasteiger partial charge in [0.15, 0.2) is 0 Å². The molecule has 0 aliphatic heterocycles. The Balaban J connectivity index is 2.76. The lowest BCUT2D eigenvalue weighted by atomic mass is 10.1. The van der Waals surface area contributed by atoms with E-state index in [0.717, 1.165) is 5.56 Å². The van der Waals surface area contributed by atoms with Crippen LogP contribution in [0.3, 0.4) is 0 Å². The quantitative estimate of drug-likeness (QED) is 0.541. The average Bonchev–Trinajstić information content (AvgIpc) is 2.14. The van der Waals surface area contributed by atoms with Crippen molar-refractivity contribution in [1.29, 1.82) is 0 Å². The summed E-state index contributed by atoms with van der Waals surface area (Å²) in [5, 5.41) is 8.53. The van der Waals surface area contributed by atoms with E-state index in [-0.39, 0.29) is 6.04 Å². The molecule has 0 radical (unpaired) electrons. The Morgan fingerprint density at radius 3 is 3.00 bits per heavy atom. The van der Waals surface area contributed by atoms with Gasteiger partial charge in [0.25, 0.3) is 0 Å². The van der Waals surface area contributed by atoms with Crippen molar-refractivity contribution in [2.24, 2.45) is 10.2 Å². The third-order valence-corrected chi connectivity index (χ3v) is 1.84. The van der Waals surface area contributed by atoms with Crippen LogP contribution < -0.4 is 0 Å². The van der Waals surface area contributed by atoms with E-state index in [2.05, 4.69) is 15.2 Å². The molecule has 0 aliphatic rings. The first-order valence-corrected chi connectivity index (χ1v) is 4.60. The average molecular weight is 198 g/mol. The number of azo groups is 1. The number of hydrogen-bond donors (Lipinski definition) is 0. The van der Waals surface area contributed by atoms with E-state index >= 15 is 0 Å². The van der Waals surface area contributed by atoms with Gasteiger partial charge in [0.2, 0.25) is 0 Å². The lowest BCUT2D eigenvalue weighted by Crippen LogP contribution is -1.89. The largest absolute Gasteiger partial charge is 0.245 e. The van der Waals surface area contributed by atoms with Crippen LogP contribution in [-0.4, -0.2) is 11.5 Å². The molecule has 1 aromatic heterocycles. The Morgan fingerprint density at radius 2 is 2.38 bits per heavy atom. The topological polar surface area (TPSA) is 37.6 Å². The van der Waals surface area contributed by atoms with Crippen LogP contribution in [0.1, 0.15) is 25.5 Å². The third-order valence-electron chi connectivity index (χ3n) is 1.63. The van der Waals surface area contributed by atoms with E-state index in [1.807, 2.05) is 19.9 Å². The first kappa shape index (κ1) is 10.1. The van der Waals surface area contributed by atoms with Crippen LogP contribution in [0.15, 0.2) is 28.6 Å². The molecule has 1 heterocycles. The first-order valence-electron chi connectivity index (χ1n) is 4.22. The van der Waals surface area contributed by atoms with Gasteiger partial charge in [-0.05, 0) is 31.5 Å². The maximum absolute atomic E-state index is 5.74. The molecule has 0 fully saturated rings. The van der Waals surface area contributed by atoms with Crippen LogP contribution >= 0.6 is 11.6 Å². The summed E-state index contributed by atoms with van der Waals surface area (Å²) in [6.45, 7) is 4.64. The van der Waals surface area contributed by atoms with Crippen LogP contribution in [0.5, 0.6) is 0 Å². The van der Waals surface area contributed by atoms with Gasteiger partial charge in [-0.3, -0.25) is 0 Å². The highest BCUT2D eigenvalue weighted by Gasteiger charge is 2.03. The zero-order valence-corrected chi connectivity index (χ0v) is 8.49. The Labute approximate surface area is 82.9 Å². The van der Waals surface area contributed by atoms with Crippen molar-refractivity contribution < 1.29 is 0 Å². The molecule has 3 nitrogen and oxygen atoms in total. The van der Waals surface area contributed by atoms with Gasteiger partial charge in [-0.1, -0.05) is 11.6 Å². The smallest absolute Gasteiger partial charge is 0.129 e. The van der Waals surface area contributed by atoms with Crippen LogP contribution in [0.25, 0.3) is 0 Å². The maximum Gasteiger partial charge on any atom is 0.129 e. The van der Waals surface area contributed by atoms with Crippen LogP contribution in [0, 0.1) is 0 Å². The van der Waals surface area contributed by atoms with Crippen molar-refractivity contribution in [3.8, 4) is 0 Å². The van der Waals surface area contributed by atoms with Crippen LogP contribution in [-0.2, 0) is 0 Å². The maximum atomic E-state index is 5.74. The summed E-state index contributed by atoms with van der Waals surface area (Å²) in [5.74, 6) is 0. The highest BCUT2D eigenvalue weighted by atomic mass is 35.5. The van der Waals surface area contributed by atoms with Gasteiger partial charge in [-0.25, -0.2) is 4.98 Å². The zero-order valence-electron chi connectivity index (χ0n) is 7.74. The molecule has 0 aromatic carbocycles. The fourth-order valence-corrected chi connectivity index (χ4v) is 1.13. The fraction of sp³-hybridized carbons (Fsp3) is 0.444. The molecule has 70 valence electrons. The number of pyridine rings is 1. The highest BCUT2D eigenvalue weighted by molar-refractivity contribution is 6.29. The molecule has 0 saturated heterocycles. The molecule has 1 atom stereocenters. The number of aromatic nitrogens is 1. The second-order valence-electron chi connectivity index (χ2n) is 2.66. The molecule has 0 amide bonds. The molecular weight excluding hydrogens is 186 g/mol. The second kappa shape index (κ2) is 4.92. The molecule has 0 spiro atoms. The summed E-state index contributed by atoms with van der Waals surface area (Å²) in [5.41, 5.74) is 1.04. The number of rotatable bonds is 3. The van der Waals surface area contributed by atoms with Crippen molar-refractivity contribution in [2.45, 2.75) is 19.9 Å². The number of halogens is 1. The number of hydrogen-bond acceptors (Lipinski definition) is 3. The van der Waals surface area contributed by atoms with E-state index in [0.29, 0.717) is 11.7 Å². The monoisotopic (exact) mass is 197 g/mol. The predicted molar refractivity (Wildman–Crippen MR) is 53.1 cm³/mol. The zero-order chi connectivity index (χ0) is 9.68. The molecule has 0 saturated carbocycles. The van der Waals surface area contributed by atoms with Gasteiger partial charge < -0.3 is 0 Å². The van der Waals surface area contributed by atoms with Crippen molar-refractivity contribution >= 4 is 11.6 Å². The summed E-state index contributed by atoms with van der Waals surface area (Å²) in [6, 6.07) is 3.76. The Bertz CT molecular complexity index is 299. The molecule has 0 aliphatic carbocycles. The molecule has 13 heavy (non-hydrogen) atoms. The Morgan fingerprint density at radius 1 is 1.62 bits per heavy atom. The Kier molecular flexibility index (Phi) is 3.83. The lowest BCUT2D eigenvalue weighted by Gasteiger charge is -2.04. The molecule has 1 rings (SSSR count). The minimum Gasteiger partial charge on any atom is -0.245 e. The highest BCUT2D eigenvalue weighted by Crippen LogP contribution is 2.18. The summed E-state index contributed by atoms with van der Waals surface area (Å²) in [6.07, 6.45) is 1.68. The van der Waals surface area contributed by atoms with Crippen molar-refractivity contribution in [2.75, 3.05) is 6.54 Å². The molecule has 0 N–H and O–H groups in total. The summed E-state index contributed by atoms with van der Waals surface area (Å²) >= 11 is 5.74. The van der Waals surface area contributed by atoms with Crippen molar-refractivity contribution in [3.05, 3.63) is 29.0 Å². The second-order valence-corrected chi connectivity index (χ2v) is 3.05. The van der Waals surface area contributed by atoms with Crippen LogP contribution in [0.4, 0.5) is 0 Å². The number of nitrogens with zero attached hydrogens (tertiary/aromatic N) is 3. The fourth-order valence-electron chi connectivity index (χ4n) is 0.948. The SMILES string of the molecule is CCN=NC(C)c1ccnc(Cl)c1. The van der Waals surface area contributed by atoms with E-state index < -0.39 is 0 Å². The van der Waals surface area contributed by atoms with Crippen molar-refractivity contribution in [3.63, 3.8) is 0 Å². The third kappa shape index (κ3) is 3.11. The summed E-state index contributed by atoms with van der Waals surface area (Å²) < 4.78 is 0. The van der Waals surface area contributed by atoms with Gasteiger partial charge in [0.1, 0.15) is 5.15 Å². The molecular formula is C9H12ClN3. The molecule has 4 heteroatoms. The standard InChI is InChI=1S/C9H12ClN3/c1-3-12-13-7(2)8-4-5-11-9(10)6-8/h4-7H,3H2,1-2H3. The van der Waals surface area contributed by atoms with Crippen molar-refractivity contribution in [1.82, 2.24) is 4.98 Å². The van der Waals surface area contributed by atoms with Gasteiger partial charge >= 0.3 is 0 Å². The minimum atomic E-state index is 0.0560. The Hall–Kier alpha value is -0.960. The first-order chi connectivity index (χ1) is 6.24. The van der Waals surface area contributed by atoms with E-state index in [1.165, 1.54) is 0 Å². The van der Waals surface area contributed by atoms with Crippen LogP contribution in [0.2, 0.25) is 5.15 Å². The van der Waals surface area contributed by atoms with Gasteiger partial charge in [-0.15, -0.1) is 0 Å². The minimum absolute atomic E-state index is 0.0560. The molecule has 1 aromatic rings. The van der Waals surface area contributed by atoms with E-state index in [4.69, 9.17) is 11.6 Å². The predicted octanol–water partition coefficient (Wildman–Crippen LogP) is 3.27. The van der Waals surface area contributed by atoms with E-state index in [9.17, 15) is 0 Å². The lowest BCUT2D eigenvalue weighted by molar-refractivity contribution is 0.731. The summed E-state index contributed by atoms with van der Waals surface area (Å²) in [4.78, 5) is 3.90. The van der Waals surface area contributed by atoms with Gasteiger partial charge in [0, 0.05) is 6.20 Å². The van der Waals surface area contributed by atoms with E-state index in [1.54, 1.807) is 12.3 Å². The molecule has 1 unspecified atom stereocenters. The molecule has 0 bridgehead atoms.